The molecule has 1 aliphatic rings. The Morgan fingerprint density at radius 1 is 1.71 bits per heavy atom. The number of allylic oxidation sites excluding steroid dienone is 2. The van der Waals surface area contributed by atoms with E-state index in [-0.39, 0.29) is 11.9 Å². The molecule has 2 N–H and O–H groups in total. The molecule has 0 aromatic rings. The minimum absolute atomic E-state index is 0.276. The van der Waals surface area contributed by atoms with Gasteiger partial charge in [0.25, 0.3) is 0 Å². The standard InChI is InChI=1S/C10H16FN3/c1-3-4-9(11)10(12-2)14-8-5-6-13-7-8/h3-4,8,13H,1,5-7H2,2H3,(H,12,14)/b9-4+. The zero-order chi connectivity index (χ0) is 10.4. The lowest BCUT2D eigenvalue weighted by Crippen LogP contribution is -2.36. The highest BCUT2D eigenvalue weighted by Gasteiger charge is 2.16. The minimum atomic E-state index is -0.366. The minimum Gasteiger partial charge on any atom is -0.364 e. The number of amidine groups is 1. The van der Waals surface area contributed by atoms with Gasteiger partial charge in [-0.15, -0.1) is 0 Å². The third-order valence-corrected chi connectivity index (χ3v) is 2.12. The molecule has 1 saturated heterocycles. The Labute approximate surface area is 83.8 Å². The highest BCUT2D eigenvalue weighted by molar-refractivity contribution is 5.96. The molecule has 0 saturated carbocycles. The fraction of sp³-hybridized carbons (Fsp3) is 0.500. The Hall–Kier alpha value is -1.16. The van der Waals surface area contributed by atoms with Crippen LogP contribution in [0, 0.1) is 0 Å². The van der Waals surface area contributed by atoms with E-state index in [0.717, 1.165) is 19.5 Å². The van der Waals surface area contributed by atoms with E-state index in [1.54, 1.807) is 7.05 Å². The quantitative estimate of drug-likeness (QED) is 0.402. The number of hydrogen-bond donors (Lipinski definition) is 2. The smallest absolute Gasteiger partial charge is 0.164 e. The van der Waals surface area contributed by atoms with Crippen LogP contribution in [0.4, 0.5) is 4.39 Å². The summed E-state index contributed by atoms with van der Waals surface area (Å²) >= 11 is 0. The Morgan fingerprint density at radius 2 is 2.50 bits per heavy atom. The number of rotatable bonds is 3. The molecule has 0 aromatic carbocycles. The Morgan fingerprint density at radius 3 is 3.00 bits per heavy atom. The molecule has 1 fully saturated rings. The third-order valence-electron chi connectivity index (χ3n) is 2.12. The normalized spacial score (nSPS) is 23.7. The zero-order valence-corrected chi connectivity index (χ0v) is 8.39. The fourth-order valence-electron chi connectivity index (χ4n) is 1.39. The molecule has 0 aliphatic carbocycles. The van der Waals surface area contributed by atoms with Gasteiger partial charge in [0.2, 0.25) is 0 Å². The highest BCUT2D eigenvalue weighted by atomic mass is 19.1. The lowest BCUT2D eigenvalue weighted by atomic mass is 10.2. The first-order valence-corrected chi connectivity index (χ1v) is 4.70. The largest absolute Gasteiger partial charge is 0.364 e. The molecule has 0 aromatic heterocycles. The van der Waals surface area contributed by atoms with E-state index in [1.807, 2.05) is 0 Å². The maximum Gasteiger partial charge on any atom is 0.164 e. The molecule has 4 heteroatoms. The van der Waals surface area contributed by atoms with Crippen molar-refractivity contribution in [2.75, 3.05) is 20.1 Å². The van der Waals surface area contributed by atoms with Gasteiger partial charge in [0, 0.05) is 19.6 Å². The van der Waals surface area contributed by atoms with Crippen molar-refractivity contribution < 1.29 is 4.39 Å². The lowest BCUT2D eigenvalue weighted by Gasteiger charge is -2.13. The monoisotopic (exact) mass is 197 g/mol. The van der Waals surface area contributed by atoms with Gasteiger partial charge < -0.3 is 10.6 Å². The molecule has 0 amide bonds. The first kappa shape index (κ1) is 10.9. The first-order valence-electron chi connectivity index (χ1n) is 4.70. The van der Waals surface area contributed by atoms with Crippen LogP contribution >= 0.6 is 0 Å². The van der Waals surface area contributed by atoms with Gasteiger partial charge in [-0.05, 0) is 19.0 Å². The van der Waals surface area contributed by atoms with E-state index in [4.69, 9.17) is 0 Å². The third kappa shape index (κ3) is 2.96. The van der Waals surface area contributed by atoms with Gasteiger partial charge >= 0.3 is 0 Å². The molecular weight excluding hydrogens is 181 g/mol. The second-order valence-electron chi connectivity index (χ2n) is 3.16. The Bertz CT molecular complexity index is 252. The van der Waals surface area contributed by atoms with Gasteiger partial charge in [0.15, 0.2) is 11.7 Å². The van der Waals surface area contributed by atoms with E-state index in [0.29, 0.717) is 5.84 Å². The van der Waals surface area contributed by atoms with Crippen molar-refractivity contribution >= 4 is 5.84 Å². The molecule has 14 heavy (non-hydrogen) atoms. The molecule has 1 rings (SSSR count). The van der Waals surface area contributed by atoms with Gasteiger partial charge in [-0.1, -0.05) is 12.7 Å². The van der Waals surface area contributed by atoms with E-state index in [2.05, 4.69) is 22.2 Å². The molecular formula is C10H16FN3. The van der Waals surface area contributed by atoms with Crippen LogP contribution in [0.1, 0.15) is 6.42 Å². The van der Waals surface area contributed by atoms with Crippen LogP contribution in [0.2, 0.25) is 0 Å². The summed E-state index contributed by atoms with van der Waals surface area (Å²) in [6, 6.07) is 0.276. The molecule has 0 spiro atoms. The van der Waals surface area contributed by atoms with Gasteiger partial charge in [-0.25, -0.2) is 4.39 Å². The average molecular weight is 197 g/mol. The van der Waals surface area contributed by atoms with E-state index in [9.17, 15) is 4.39 Å². The highest BCUT2D eigenvalue weighted by Crippen LogP contribution is 2.03. The van der Waals surface area contributed by atoms with Crippen LogP contribution in [0.5, 0.6) is 0 Å². The van der Waals surface area contributed by atoms with Gasteiger partial charge in [0.1, 0.15) is 0 Å². The summed E-state index contributed by atoms with van der Waals surface area (Å²) in [6.45, 7) is 5.27. The van der Waals surface area contributed by atoms with Crippen molar-refractivity contribution in [2.24, 2.45) is 4.99 Å². The van der Waals surface area contributed by atoms with Crippen molar-refractivity contribution in [2.45, 2.75) is 12.5 Å². The molecule has 1 unspecified atom stereocenters. The topological polar surface area (TPSA) is 36.4 Å². The van der Waals surface area contributed by atoms with Crippen molar-refractivity contribution in [3.63, 3.8) is 0 Å². The number of nitrogens with one attached hydrogen (secondary N) is 2. The van der Waals surface area contributed by atoms with Gasteiger partial charge in [-0.3, -0.25) is 4.99 Å². The van der Waals surface area contributed by atoms with E-state index < -0.39 is 0 Å². The van der Waals surface area contributed by atoms with E-state index in [1.165, 1.54) is 12.2 Å². The van der Waals surface area contributed by atoms with E-state index >= 15 is 0 Å². The van der Waals surface area contributed by atoms with Crippen molar-refractivity contribution in [1.82, 2.24) is 10.6 Å². The average Bonchev–Trinajstić information content (AvgIpc) is 2.66. The summed E-state index contributed by atoms with van der Waals surface area (Å²) in [5.74, 6) is -0.0620. The summed E-state index contributed by atoms with van der Waals surface area (Å²) in [6.07, 6.45) is 3.72. The lowest BCUT2D eigenvalue weighted by molar-refractivity contribution is 0.626. The molecule has 78 valence electrons. The zero-order valence-electron chi connectivity index (χ0n) is 8.39. The number of hydrogen-bond acceptors (Lipinski definition) is 2. The summed E-state index contributed by atoms with van der Waals surface area (Å²) in [5.41, 5.74) is 0. The van der Waals surface area contributed by atoms with Crippen molar-refractivity contribution in [3.8, 4) is 0 Å². The second kappa shape index (κ2) is 5.54. The second-order valence-corrected chi connectivity index (χ2v) is 3.16. The predicted molar refractivity (Wildman–Crippen MR) is 57.2 cm³/mol. The van der Waals surface area contributed by atoms with Crippen LogP contribution in [-0.4, -0.2) is 32.0 Å². The number of nitrogens with zero attached hydrogens (tertiary/aromatic N) is 1. The molecule has 0 radical (unpaired) electrons. The molecule has 0 bridgehead atoms. The molecule has 1 heterocycles. The van der Waals surface area contributed by atoms with Crippen LogP contribution in [0.25, 0.3) is 0 Å². The molecule has 3 nitrogen and oxygen atoms in total. The maximum atomic E-state index is 13.3. The van der Waals surface area contributed by atoms with Gasteiger partial charge in [-0.2, -0.15) is 0 Å². The Balaban J connectivity index is 2.54. The Kier molecular flexibility index (Phi) is 4.32. The van der Waals surface area contributed by atoms with Crippen LogP contribution in [0.15, 0.2) is 29.6 Å². The summed E-state index contributed by atoms with van der Waals surface area (Å²) < 4.78 is 13.3. The molecule has 1 atom stereocenters. The van der Waals surface area contributed by atoms with Crippen molar-refractivity contribution in [3.05, 3.63) is 24.6 Å². The fourth-order valence-corrected chi connectivity index (χ4v) is 1.39. The van der Waals surface area contributed by atoms with Crippen LogP contribution in [0.3, 0.4) is 0 Å². The van der Waals surface area contributed by atoms with Crippen LogP contribution in [-0.2, 0) is 0 Å². The summed E-state index contributed by atoms with van der Waals surface area (Å²) in [7, 11) is 1.57. The SMILES string of the molecule is C=C/C=C(/F)C(=NC)NC1CCNC1. The summed E-state index contributed by atoms with van der Waals surface area (Å²) in [4.78, 5) is 3.86. The van der Waals surface area contributed by atoms with Crippen LogP contribution < -0.4 is 10.6 Å². The van der Waals surface area contributed by atoms with Crippen molar-refractivity contribution in [1.29, 1.82) is 0 Å². The molecule has 1 aliphatic heterocycles. The number of halogens is 1. The first-order chi connectivity index (χ1) is 6.77. The summed E-state index contributed by atoms with van der Waals surface area (Å²) in [5, 5.41) is 6.24. The maximum absolute atomic E-state index is 13.3. The number of aliphatic imine (C=N–C) groups is 1. The van der Waals surface area contributed by atoms with Gasteiger partial charge in [0.05, 0.1) is 0 Å². The predicted octanol–water partition coefficient (Wildman–Crippen LogP) is 1.01.